The number of rotatable bonds is 7. The summed E-state index contributed by atoms with van der Waals surface area (Å²) >= 11 is 1.40. The SMILES string of the molecule is C[C@@H](Sc1nnc(-c2ccncc2)n1C1CC1)C(=O)NCc1ccc(F)cc1. The van der Waals surface area contributed by atoms with E-state index in [-0.39, 0.29) is 17.0 Å². The molecule has 1 saturated carbocycles. The van der Waals surface area contributed by atoms with E-state index in [0.717, 1.165) is 34.9 Å². The van der Waals surface area contributed by atoms with E-state index in [2.05, 4.69) is 25.1 Å². The minimum atomic E-state index is -0.326. The van der Waals surface area contributed by atoms with Crippen molar-refractivity contribution >= 4 is 17.7 Å². The molecule has 2 aromatic heterocycles. The Kier molecular flexibility index (Phi) is 5.38. The fourth-order valence-electron chi connectivity index (χ4n) is 2.86. The lowest BCUT2D eigenvalue weighted by atomic mass is 10.2. The molecule has 4 rings (SSSR count). The molecule has 3 aromatic rings. The number of benzene rings is 1. The number of nitrogens with zero attached hydrogens (tertiary/aromatic N) is 4. The highest BCUT2D eigenvalue weighted by Crippen LogP contribution is 2.41. The van der Waals surface area contributed by atoms with Gasteiger partial charge in [-0.2, -0.15) is 0 Å². The number of hydrogen-bond donors (Lipinski definition) is 1. The van der Waals surface area contributed by atoms with Crippen molar-refractivity contribution in [1.29, 1.82) is 0 Å². The van der Waals surface area contributed by atoms with Crippen LogP contribution in [-0.4, -0.2) is 30.9 Å². The molecule has 1 atom stereocenters. The van der Waals surface area contributed by atoms with Crippen molar-refractivity contribution in [2.24, 2.45) is 0 Å². The second-order valence-corrected chi connectivity index (χ2v) is 8.06. The third-order valence-electron chi connectivity index (χ3n) is 4.55. The zero-order valence-electron chi connectivity index (χ0n) is 15.4. The molecule has 0 unspecified atom stereocenters. The molecule has 1 aliphatic rings. The molecule has 144 valence electrons. The first kappa shape index (κ1) is 18.6. The van der Waals surface area contributed by atoms with Crippen LogP contribution >= 0.6 is 11.8 Å². The van der Waals surface area contributed by atoms with E-state index in [1.54, 1.807) is 24.5 Å². The van der Waals surface area contributed by atoms with Crippen molar-refractivity contribution in [2.45, 2.75) is 42.8 Å². The van der Waals surface area contributed by atoms with Crippen molar-refractivity contribution in [1.82, 2.24) is 25.1 Å². The predicted octanol–water partition coefficient (Wildman–Crippen LogP) is 3.61. The monoisotopic (exact) mass is 397 g/mol. The van der Waals surface area contributed by atoms with Gasteiger partial charge < -0.3 is 5.32 Å². The lowest BCUT2D eigenvalue weighted by Gasteiger charge is -2.13. The van der Waals surface area contributed by atoms with Crippen molar-refractivity contribution in [2.75, 3.05) is 0 Å². The summed E-state index contributed by atoms with van der Waals surface area (Å²) in [5, 5.41) is 12.0. The van der Waals surface area contributed by atoms with E-state index in [9.17, 15) is 9.18 Å². The maximum absolute atomic E-state index is 13.0. The van der Waals surface area contributed by atoms with Gasteiger partial charge in [-0.1, -0.05) is 23.9 Å². The lowest BCUT2D eigenvalue weighted by molar-refractivity contribution is -0.120. The number of hydrogen-bond acceptors (Lipinski definition) is 5. The molecule has 1 N–H and O–H groups in total. The van der Waals surface area contributed by atoms with Crippen molar-refractivity contribution in [3.05, 3.63) is 60.2 Å². The Balaban J connectivity index is 1.44. The Labute approximate surface area is 166 Å². The van der Waals surface area contributed by atoms with E-state index >= 15 is 0 Å². The second-order valence-electron chi connectivity index (χ2n) is 6.75. The highest BCUT2D eigenvalue weighted by molar-refractivity contribution is 8.00. The molecule has 2 heterocycles. The maximum Gasteiger partial charge on any atom is 0.233 e. The van der Waals surface area contributed by atoms with Crippen molar-refractivity contribution in [3.8, 4) is 11.4 Å². The van der Waals surface area contributed by atoms with Gasteiger partial charge in [0.2, 0.25) is 5.91 Å². The Morgan fingerprint density at radius 3 is 2.61 bits per heavy atom. The van der Waals surface area contributed by atoms with Crippen LogP contribution < -0.4 is 5.32 Å². The number of pyridine rings is 1. The minimum absolute atomic E-state index is 0.0925. The molecule has 0 radical (unpaired) electrons. The summed E-state index contributed by atoms with van der Waals surface area (Å²) in [6.45, 7) is 2.21. The molecule has 0 spiro atoms. The van der Waals surface area contributed by atoms with Gasteiger partial charge in [-0.05, 0) is 49.6 Å². The van der Waals surface area contributed by atoms with Gasteiger partial charge >= 0.3 is 0 Å². The van der Waals surface area contributed by atoms with Crippen LogP contribution in [0.1, 0.15) is 31.4 Å². The number of aromatic nitrogens is 4. The molecule has 0 aliphatic heterocycles. The summed E-state index contributed by atoms with van der Waals surface area (Å²) in [7, 11) is 0. The van der Waals surface area contributed by atoms with Crippen LogP contribution in [0.15, 0.2) is 53.9 Å². The van der Waals surface area contributed by atoms with Gasteiger partial charge in [0.25, 0.3) is 0 Å². The normalized spacial score (nSPS) is 14.6. The maximum atomic E-state index is 13.0. The van der Waals surface area contributed by atoms with Crippen molar-refractivity contribution in [3.63, 3.8) is 0 Å². The fourth-order valence-corrected chi connectivity index (χ4v) is 3.81. The summed E-state index contributed by atoms with van der Waals surface area (Å²) in [6, 6.07) is 10.3. The molecular formula is C20H20FN5OS. The molecular weight excluding hydrogens is 377 g/mol. The van der Waals surface area contributed by atoms with Crippen LogP contribution in [0, 0.1) is 5.82 Å². The van der Waals surface area contributed by atoms with Gasteiger partial charge in [0.15, 0.2) is 11.0 Å². The topological polar surface area (TPSA) is 72.7 Å². The molecule has 8 heteroatoms. The lowest BCUT2D eigenvalue weighted by Crippen LogP contribution is -2.30. The molecule has 0 bridgehead atoms. The standard InChI is InChI=1S/C20H20FN5OS/c1-13(19(27)23-12-14-2-4-16(21)5-3-14)28-20-25-24-18(26(20)17-6-7-17)15-8-10-22-11-9-15/h2-5,8-11,13,17H,6-7,12H2,1H3,(H,23,27)/t13-/m1/s1. The quantitative estimate of drug-likeness (QED) is 0.617. The number of halogens is 1. The zero-order chi connectivity index (χ0) is 19.5. The van der Waals surface area contributed by atoms with Gasteiger partial charge in [0.05, 0.1) is 5.25 Å². The van der Waals surface area contributed by atoms with Gasteiger partial charge in [0.1, 0.15) is 5.82 Å². The van der Waals surface area contributed by atoms with Crippen LogP contribution in [0.2, 0.25) is 0 Å². The molecule has 28 heavy (non-hydrogen) atoms. The third-order valence-corrected chi connectivity index (χ3v) is 5.60. The predicted molar refractivity (Wildman–Crippen MR) is 105 cm³/mol. The first-order chi connectivity index (χ1) is 13.6. The third kappa shape index (κ3) is 4.22. The van der Waals surface area contributed by atoms with Crippen LogP contribution in [0.4, 0.5) is 4.39 Å². The number of nitrogens with one attached hydrogen (secondary N) is 1. The smallest absolute Gasteiger partial charge is 0.233 e. The summed E-state index contributed by atoms with van der Waals surface area (Å²) in [4.78, 5) is 16.5. The van der Waals surface area contributed by atoms with E-state index < -0.39 is 0 Å². The summed E-state index contributed by atoms with van der Waals surface area (Å²) in [5.74, 6) is 0.430. The first-order valence-electron chi connectivity index (χ1n) is 9.16. The zero-order valence-corrected chi connectivity index (χ0v) is 16.2. The van der Waals surface area contributed by atoms with Crippen molar-refractivity contribution < 1.29 is 9.18 Å². The highest BCUT2D eigenvalue weighted by Gasteiger charge is 2.31. The van der Waals surface area contributed by atoms with E-state index in [4.69, 9.17) is 0 Å². The highest BCUT2D eigenvalue weighted by atomic mass is 32.2. The Hall–Kier alpha value is -2.74. The molecule has 1 aliphatic carbocycles. The van der Waals surface area contributed by atoms with Gasteiger partial charge in [-0.25, -0.2) is 4.39 Å². The van der Waals surface area contributed by atoms with Crippen LogP contribution in [-0.2, 0) is 11.3 Å². The average Bonchev–Trinajstić information content (AvgIpc) is 3.48. The summed E-state index contributed by atoms with van der Waals surface area (Å²) in [6.07, 6.45) is 5.66. The van der Waals surface area contributed by atoms with Gasteiger partial charge in [0, 0.05) is 30.5 Å². The Morgan fingerprint density at radius 2 is 1.93 bits per heavy atom. The van der Waals surface area contributed by atoms with Crippen LogP contribution in [0.3, 0.4) is 0 Å². The number of thioether (sulfide) groups is 1. The molecule has 1 amide bonds. The van der Waals surface area contributed by atoms with E-state index in [1.165, 1.54) is 23.9 Å². The average molecular weight is 397 g/mol. The molecule has 6 nitrogen and oxygen atoms in total. The van der Waals surface area contributed by atoms with Crippen LogP contribution in [0.5, 0.6) is 0 Å². The van der Waals surface area contributed by atoms with E-state index in [0.29, 0.717) is 12.6 Å². The Bertz CT molecular complexity index is 956. The largest absolute Gasteiger partial charge is 0.351 e. The Morgan fingerprint density at radius 1 is 1.21 bits per heavy atom. The first-order valence-corrected chi connectivity index (χ1v) is 10.0. The minimum Gasteiger partial charge on any atom is -0.351 e. The van der Waals surface area contributed by atoms with E-state index in [1.807, 2.05) is 19.1 Å². The fraction of sp³-hybridized carbons (Fsp3) is 0.300. The van der Waals surface area contributed by atoms with Crippen LogP contribution in [0.25, 0.3) is 11.4 Å². The number of carbonyl (C=O) groups is 1. The number of amides is 1. The summed E-state index contributed by atoms with van der Waals surface area (Å²) in [5.41, 5.74) is 1.82. The summed E-state index contributed by atoms with van der Waals surface area (Å²) < 4.78 is 15.1. The number of carbonyl (C=O) groups excluding carboxylic acids is 1. The van der Waals surface area contributed by atoms with Gasteiger partial charge in [-0.15, -0.1) is 10.2 Å². The second kappa shape index (κ2) is 8.10. The van der Waals surface area contributed by atoms with Gasteiger partial charge in [-0.3, -0.25) is 14.3 Å². The molecule has 0 saturated heterocycles. The molecule has 1 fully saturated rings. The molecule has 1 aromatic carbocycles.